The number of aromatic nitrogens is 5. The molecule has 1 aliphatic rings. The number of hydrogen-bond donors (Lipinski definition) is 1. The molecule has 3 aromatic rings. The van der Waals surface area contributed by atoms with Gasteiger partial charge in [-0.15, -0.1) is 10.2 Å². The van der Waals surface area contributed by atoms with Crippen molar-refractivity contribution < 1.29 is 13.9 Å². The highest BCUT2D eigenvalue weighted by atomic mass is 19.1. The molecular formula is C24H27F2N5O. The number of alkyl halides is 2. The number of phenolic OH excluding ortho intramolecular Hbond substituents is 1. The third-order valence-corrected chi connectivity index (χ3v) is 6.49. The number of phenols is 1. The molecule has 1 fully saturated rings. The fourth-order valence-corrected chi connectivity index (χ4v) is 4.60. The number of nitrogens with zero attached hydrogens (tertiary/aromatic N) is 5. The van der Waals surface area contributed by atoms with Gasteiger partial charge in [-0.05, 0) is 36.0 Å². The predicted octanol–water partition coefficient (Wildman–Crippen LogP) is 5.34. The standard InChI is InChI=1S/C24H27F2N5O/c1-4-7-24(3)12-18(19(25)11-22(24)26)15(2)23-28-13-20(29-30-23)17-6-5-16(10-21(17)32)31-9-8-27-14-31/h5-6,8-10,13-14,18-19,22,32H,2,4,7,11-12H2,1,3H3/t18-,19+,22?,24-/m0/s1. The van der Waals surface area contributed by atoms with Gasteiger partial charge in [-0.1, -0.05) is 26.8 Å². The summed E-state index contributed by atoms with van der Waals surface area (Å²) in [5.74, 6) is -0.277. The van der Waals surface area contributed by atoms with Crippen molar-refractivity contribution in [2.45, 2.75) is 51.9 Å². The van der Waals surface area contributed by atoms with Crippen LogP contribution in [0.1, 0.15) is 45.4 Å². The van der Waals surface area contributed by atoms with Crippen molar-refractivity contribution in [1.82, 2.24) is 24.7 Å². The number of halogens is 2. The number of aromatic hydroxyl groups is 1. The maximum atomic E-state index is 14.8. The van der Waals surface area contributed by atoms with Crippen LogP contribution in [0.4, 0.5) is 8.78 Å². The van der Waals surface area contributed by atoms with Gasteiger partial charge in [0, 0.05) is 36.4 Å². The zero-order valence-electron chi connectivity index (χ0n) is 18.2. The topological polar surface area (TPSA) is 76.7 Å². The highest BCUT2D eigenvalue weighted by Crippen LogP contribution is 2.48. The van der Waals surface area contributed by atoms with E-state index in [-0.39, 0.29) is 18.0 Å². The Kier molecular flexibility index (Phi) is 6.04. The Balaban J connectivity index is 1.54. The molecule has 6 nitrogen and oxygen atoms in total. The van der Waals surface area contributed by atoms with Crippen molar-refractivity contribution in [3.63, 3.8) is 0 Å². The van der Waals surface area contributed by atoms with Gasteiger partial charge in [-0.2, -0.15) is 0 Å². The maximum Gasteiger partial charge on any atom is 0.177 e. The van der Waals surface area contributed by atoms with E-state index in [0.29, 0.717) is 29.7 Å². The van der Waals surface area contributed by atoms with E-state index in [9.17, 15) is 13.9 Å². The van der Waals surface area contributed by atoms with E-state index >= 15 is 0 Å². The first-order valence-corrected chi connectivity index (χ1v) is 10.8. The summed E-state index contributed by atoms with van der Waals surface area (Å²) in [5, 5.41) is 18.8. The van der Waals surface area contributed by atoms with Gasteiger partial charge in [0.2, 0.25) is 0 Å². The van der Waals surface area contributed by atoms with Gasteiger partial charge >= 0.3 is 0 Å². The van der Waals surface area contributed by atoms with Gasteiger partial charge in [0.15, 0.2) is 5.82 Å². The Hall–Kier alpha value is -3.16. The summed E-state index contributed by atoms with van der Waals surface area (Å²) in [6.45, 7) is 7.91. The normalized spacial score (nSPS) is 25.6. The highest BCUT2D eigenvalue weighted by molar-refractivity contribution is 5.68. The molecule has 0 spiro atoms. The van der Waals surface area contributed by atoms with E-state index in [1.807, 2.05) is 19.9 Å². The third-order valence-electron chi connectivity index (χ3n) is 6.49. The van der Waals surface area contributed by atoms with Gasteiger partial charge in [-0.25, -0.2) is 18.7 Å². The van der Waals surface area contributed by atoms with E-state index < -0.39 is 23.7 Å². The average molecular weight is 440 g/mol. The van der Waals surface area contributed by atoms with Crippen molar-refractivity contribution in [3.8, 4) is 22.7 Å². The minimum Gasteiger partial charge on any atom is -0.507 e. The molecule has 1 aromatic carbocycles. The Morgan fingerprint density at radius 3 is 2.75 bits per heavy atom. The van der Waals surface area contributed by atoms with E-state index in [2.05, 4.69) is 26.7 Å². The van der Waals surface area contributed by atoms with E-state index in [0.717, 1.165) is 12.1 Å². The van der Waals surface area contributed by atoms with Crippen molar-refractivity contribution in [1.29, 1.82) is 0 Å². The highest BCUT2D eigenvalue weighted by Gasteiger charge is 2.46. The zero-order valence-corrected chi connectivity index (χ0v) is 18.2. The SMILES string of the molecule is C=C(c1ncc(-c2ccc(-n3ccnc3)cc2O)nn1)[C@@H]1C[C@](C)(CCC)C(F)C[C@H]1F. The number of benzene rings is 1. The maximum absolute atomic E-state index is 14.8. The molecule has 4 atom stereocenters. The Morgan fingerprint density at radius 2 is 2.12 bits per heavy atom. The molecule has 0 aliphatic heterocycles. The molecule has 168 valence electrons. The summed E-state index contributed by atoms with van der Waals surface area (Å²) in [6, 6.07) is 5.15. The molecule has 0 radical (unpaired) electrons. The summed E-state index contributed by atoms with van der Waals surface area (Å²) in [7, 11) is 0. The molecule has 0 bridgehead atoms. The first-order chi connectivity index (χ1) is 15.3. The Bertz CT molecular complexity index is 1090. The van der Waals surface area contributed by atoms with E-state index in [1.54, 1.807) is 35.4 Å². The first-order valence-electron chi connectivity index (χ1n) is 10.8. The van der Waals surface area contributed by atoms with Gasteiger partial charge in [-0.3, -0.25) is 0 Å². The molecule has 0 saturated heterocycles. The minimum atomic E-state index is -1.33. The number of allylic oxidation sites excluding steroid dienone is 1. The molecule has 0 amide bonds. The second-order valence-electron chi connectivity index (χ2n) is 8.80. The van der Waals surface area contributed by atoms with Crippen molar-refractivity contribution in [2.75, 3.05) is 0 Å². The van der Waals surface area contributed by atoms with E-state index in [1.165, 1.54) is 6.20 Å². The fraction of sp³-hybridized carbons (Fsp3) is 0.417. The summed E-state index contributed by atoms with van der Waals surface area (Å²) < 4.78 is 31.1. The zero-order chi connectivity index (χ0) is 22.9. The Morgan fingerprint density at radius 1 is 1.31 bits per heavy atom. The van der Waals surface area contributed by atoms with Crippen LogP contribution in [-0.4, -0.2) is 42.2 Å². The summed E-state index contributed by atoms with van der Waals surface area (Å²) in [6.07, 6.45) is 5.80. The predicted molar refractivity (Wildman–Crippen MR) is 119 cm³/mol. The van der Waals surface area contributed by atoms with Crippen molar-refractivity contribution in [2.24, 2.45) is 11.3 Å². The Labute approximate surface area is 186 Å². The van der Waals surface area contributed by atoms with Gasteiger partial charge < -0.3 is 9.67 Å². The van der Waals surface area contributed by atoms with Crippen molar-refractivity contribution >= 4 is 5.57 Å². The lowest BCUT2D eigenvalue weighted by Crippen LogP contribution is -2.42. The summed E-state index contributed by atoms with van der Waals surface area (Å²) in [5.41, 5.74) is 1.47. The minimum absolute atomic E-state index is 0.0271. The lowest BCUT2D eigenvalue weighted by atomic mass is 9.65. The van der Waals surface area contributed by atoms with Crippen LogP contribution in [0.25, 0.3) is 22.5 Å². The number of imidazole rings is 1. The molecule has 8 heteroatoms. The summed E-state index contributed by atoms with van der Waals surface area (Å²) >= 11 is 0. The average Bonchev–Trinajstić information content (AvgIpc) is 3.31. The van der Waals surface area contributed by atoms with Crippen LogP contribution in [0.5, 0.6) is 5.75 Å². The second-order valence-corrected chi connectivity index (χ2v) is 8.80. The van der Waals surface area contributed by atoms with Crippen LogP contribution in [0, 0.1) is 11.3 Å². The fourth-order valence-electron chi connectivity index (χ4n) is 4.60. The van der Waals surface area contributed by atoms with Crippen LogP contribution in [0.15, 0.2) is 49.7 Å². The number of rotatable bonds is 6. The smallest absolute Gasteiger partial charge is 0.177 e. The molecule has 32 heavy (non-hydrogen) atoms. The molecule has 2 aromatic heterocycles. The first kappa shape index (κ1) is 22.0. The summed E-state index contributed by atoms with van der Waals surface area (Å²) in [4.78, 5) is 8.33. The van der Waals surface area contributed by atoms with Crippen LogP contribution in [0.3, 0.4) is 0 Å². The molecule has 1 unspecified atom stereocenters. The molecule has 1 N–H and O–H groups in total. The van der Waals surface area contributed by atoms with Crippen LogP contribution in [-0.2, 0) is 0 Å². The largest absolute Gasteiger partial charge is 0.507 e. The molecule has 1 saturated carbocycles. The molecule has 4 rings (SSSR count). The van der Waals surface area contributed by atoms with Gasteiger partial charge in [0.1, 0.15) is 23.8 Å². The quantitative estimate of drug-likeness (QED) is 0.561. The van der Waals surface area contributed by atoms with Gasteiger partial charge in [0.25, 0.3) is 0 Å². The number of hydrogen-bond acceptors (Lipinski definition) is 5. The molecular weight excluding hydrogens is 412 g/mol. The van der Waals surface area contributed by atoms with Crippen LogP contribution < -0.4 is 0 Å². The van der Waals surface area contributed by atoms with Crippen molar-refractivity contribution in [3.05, 3.63) is 55.5 Å². The second kappa shape index (κ2) is 8.76. The monoisotopic (exact) mass is 439 g/mol. The molecule has 2 heterocycles. The van der Waals surface area contributed by atoms with Crippen LogP contribution in [0.2, 0.25) is 0 Å². The van der Waals surface area contributed by atoms with Gasteiger partial charge in [0.05, 0.1) is 18.2 Å². The third kappa shape index (κ3) is 4.13. The van der Waals surface area contributed by atoms with E-state index in [4.69, 9.17) is 0 Å². The lowest BCUT2D eigenvalue weighted by molar-refractivity contribution is 0.00369. The van der Waals surface area contributed by atoms with Crippen LogP contribution >= 0.6 is 0 Å². The lowest BCUT2D eigenvalue weighted by Gasteiger charge is -2.43. The molecule has 1 aliphatic carbocycles.